The number of hydrogen-bond acceptors (Lipinski definition) is 3. The Kier molecular flexibility index (Phi) is 2.00. The summed E-state index contributed by atoms with van der Waals surface area (Å²) < 4.78 is 0.654. The zero-order valence-corrected chi connectivity index (χ0v) is 10.2. The van der Waals surface area contributed by atoms with Gasteiger partial charge in [0.1, 0.15) is 0 Å². The molecular weight excluding hydrogens is 284 g/mol. The van der Waals surface area contributed by atoms with Crippen molar-refractivity contribution in [3.05, 3.63) is 39.9 Å². The van der Waals surface area contributed by atoms with Gasteiger partial charge in [-0.25, -0.2) is 0 Å². The van der Waals surface area contributed by atoms with Gasteiger partial charge in [-0.05, 0) is 28.1 Å². The number of amides is 2. The smallest absolute Gasteiger partial charge is 0.258 e. The first-order valence-corrected chi connectivity index (χ1v) is 5.75. The topological polar surface area (TPSA) is 72.2 Å². The van der Waals surface area contributed by atoms with Crippen molar-refractivity contribution in [3.8, 4) is 0 Å². The third-order valence-corrected chi connectivity index (χ3v) is 3.52. The molecule has 3 rings (SSSR count). The molecule has 0 bridgehead atoms. The van der Waals surface area contributed by atoms with Crippen molar-refractivity contribution in [1.29, 1.82) is 0 Å². The van der Waals surface area contributed by atoms with Crippen molar-refractivity contribution >= 4 is 44.2 Å². The summed E-state index contributed by atoms with van der Waals surface area (Å²) in [7, 11) is 0. The van der Waals surface area contributed by atoms with Crippen LogP contribution in [0.1, 0.15) is 20.7 Å². The van der Waals surface area contributed by atoms with Crippen LogP contribution >= 0.6 is 15.9 Å². The van der Waals surface area contributed by atoms with Crippen LogP contribution in [0.4, 0.5) is 5.69 Å². The van der Waals surface area contributed by atoms with E-state index in [0.29, 0.717) is 26.7 Å². The molecule has 0 fully saturated rings. The van der Waals surface area contributed by atoms with Gasteiger partial charge in [0.05, 0.1) is 5.69 Å². The van der Waals surface area contributed by atoms with Crippen molar-refractivity contribution in [2.24, 2.45) is 0 Å². The largest absolute Gasteiger partial charge is 0.397 e. The molecule has 5 heteroatoms. The first kappa shape index (κ1) is 10.3. The Hall–Kier alpha value is -1.88. The molecule has 0 saturated heterocycles. The lowest BCUT2D eigenvalue weighted by atomic mass is 9.94. The fourth-order valence-corrected chi connectivity index (χ4v) is 2.52. The summed E-state index contributed by atoms with van der Waals surface area (Å²) in [6.07, 6.45) is 0. The second-order valence-corrected chi connectivity index (χ2v) is 4.69. The van der Waals surface area contributed by atoms with E-state index in [0.717, 1.165) is 5.39 Å². The van der Waals surface area contributed by atoms with Crippen LogP contribution in [-0.2, 0) is 0 Å². The molecule has 1 heterocycles. The van der Waals surface area contributed by atoms with E-state index in [4.69, 9.17) is 5.73 Å². The van der Waals surface area contributed by atoms with Crippen molar-refractivity contribution < 1.29 is 9.59 Å². The van der Waals surface area contributed by atoms with Crippen LogP contribution in [0.25, 0.3) is 10.8 Å². The first-order chi connectivity index (χ1) is 8.09. The minimum Gasteiger partial charge on any atom is -0.397 e. The highest BCUT2D eigenvalue weighted by molar-refractivity contribution is 9.10. The van der Waals surface area contributed by atoms with Crippen LogP contribution < -0.4 is 11.1 Å². The molecule has 0 spiro atoms. The van der Waals surface area contributed by atoms with E-state index < -0.39 is 0 Å². The molecular formula is C12H7BrN2O2. The van der Waals surface area contributed by atoms with Crippen LogP contribution in [0.2, 0.25) is 0 Å². The SMILES string of the molecule is Nc1c(Br)cc2c3c(cccc13)C(=O)NC2=O. The number of anilines is 1. The molecule has 0 saturated carbocycles. The molecule has 1 aliphatic rings. The maximum Gasteiger partial charge on any atom is 0.258 e. The van der Waals surface area contributed by atoms with Gasteiger partial charge in [-0.2, -0.15) is 0 Å². The number of nitrogens with one attached hydrogen (secondary N) is 1. The van der Waals surface area contributed by atoms with Gasteiger partial charge < -0.3 is 5.73 Å². The van der Waals surface area contributed by atoms with Gasteiger partial charge in [0.25, 0.3) is 11.8 Å². The average Bonchev–Trinajstić information content (AvgIpc) is 2.31. The number of imide groups is 1. The number of carbonyl (C=O) groups excluding carboxylic acids is 2. The molecule has 0 atom stereocenters. The minimum absolute atomic E-state index is 0.380. The van der Waals surface area contributed by atoms with Crippen LogP contribution in [0, 0.1) is 0 Å². The highest BCUT2D eigenvalue weighted by atomic mass is 79.9. The molecule has 17 heavy (non-hydrogen) atoms. The van der Waals surface area contributed by atoms with Crippen LogP contribution in [0.5, 0.6) is 0 Å². The summed E-state index contributed by atoms with van der Waals surface area (Å²) in [5.74, 6) is -0.769. The Balaban J connectivity index is 2.59. The number of hydrogen-bond donors (Lipinski definition) is 2. The molecule has 4 nitrogen and oxygen atoms in total. The molecule has 84 valence electrons. The third-order valence-electron chi connectivity index (χ3n) is 2.87. The number of nitrogens with two attached hydrogens (primary N) is 1. The van der Waals surface area contributed by atoms with Gasteiger partial charge in [-0.3, -0.25) is 14.9 Å². The number of benzene rings is 2. The summed E-state index contributed by atoms with van der Waals surface area (Å²) in [5, 5.41) is 3.65. The Morgan fingerprint density at radius 2 is 1.82 bits per heavy atom. The molecule has 0 radical (unpaired) electrons. The Morgan fingerprint density at radius 3 is 2.59 bits per heavy atom. The Morgan fingerprint density at radius 1 is 1.12 bits per heavy atom. The van der Waals surface area contributed by atoms with Gasteiger partial charge in [-0.15, -0.1) is 0 Å². The number of halogens is 1. The standard InChI is InChI=1S/C12H7BrN2O2/c13-8-4-7-9-5(10(8)14)2-1-3-6(9)11(16)15-12(7)17/h1-4H,14H2,(H,15,16,17). The van der Waals surface area contributed by atoms with Gasteiger partial charge in [0.15, 0.2) is 0 Å². The zero-order chi connectivity index (χ0) is 12.2. The van der Waals surface area contributed by atoms with Crippen LogP contribution in [-0.4, -0.2) is 11.8 Å². The summed E-state index contributed by atoms with van der Waals surface area (Å²) in [6, 6.07) is 6.87. The van der Waals surface area contributed by atoms with Gasteiger partial charge >= 0.3 is 0 Å². The van der Waals surface area contributed by atoms with Crippen LogP contribution in [0.3, 0.4) is 0 Å². The summed E-state index contributed by atoms with van der Waals surface area (Å²) in [6.45, 7) is 0. The quantitative estimate of drug-likeness (QED) is 0.576. The lowest BCUT2D eigenvalue weighted by molar-refractivity contribution is 0.0845. The summed E-state index contributed by atoms with van der Waals surface area (Å²) >= 11 is 3.31. The second kappa shape index (κ2) is 3.30. The number of nitrogen functional groups attached to an aromatic ring is 1. The predicted octanol–water partition coefficient (Wildman–Crippen LogP) is 2.07. The molecule has 2 amide bonds. The second-order valence-electron chi connectivity index (χ2n) is 3.83. The van der Waals surface area contributed by atoms with E-state index in [2.05, 4.69) is 21.2 Å². The van der Waals surface area contributed by atoms with Crippen molar-refractivity contribution in [1.82, 2.24) is 5.32 Å². The molecule has 2 aromatic rings. The minimum atomic E-state index is -0.389. The van der Waals surface area contributed by atoms with Gasteiger partial charge in [0, 0.05) is 26.4 Å². The zero-order valence-electron chi connectivity index (χ0n) is 8.58. The molecule has 0 aromatic heterocycles. The van der Waals surface area contributed by atoms with Crippen molar-refractivity contribution in [3.63, 3.8) is 0 Å². The van der Waals surface area contributed by atoms with Gasteiger partial charge in [-0.1, -0.05) is 12.1 Å². The maximum absolute atomic E-state index is 11.8. The maximum atomic E-state index is 11.8. The van der Waals surface area contributed by atoms with E-state index in [1.54, 1.807) is 24.3 Å². The van der Waals surface area contributed by atoms with E-state index in [9.17, 15) is 9.59 Å². The predicted molar refractivity (Wildman–Crippen MR) is 67.9 cm³/mol. The van der Waals surface area contributed by atoms with Crippen molar-refractivity contribution in [2.75, 3.05) is 5.73 Å². The van der Waals surface area contributed by atoms with E-state index in [1.807, 2.05) is 0 Å². The molecule has 1 aliphatic heterocycles. The fraction of sp³-hybridized carbons (Fsp3) is 0. The highest BCUT2D eigenvalue weighted by Crippen LogP contribution is 2.35. The molecule has 0 aliphatic carbocycles. The summed E-state index contributed by atoms with van der Waals surface area (Å²) in [5.41, 5.74) is 7.42. The van der Waals surface area contributed by atoms with Crippen LogP contribution in [0.15, 0.2) is 28.7 Å². The van der Waals surface area contributed by atoms with E-state index in [-0.39, 0.29) is 11.8 Å². The lowest BCUT2D eigenvalue weighted by Gasteiger charge is -2.18. The lowest BCUT2D eigenvalue weighted by Crippen LogP contribution is -2.34. The summed E-state index contributed by atoms with van der Waals surface area (Å²) in [4.78, 5) is 23.4. The molecule has 2 aromatic carbocycles. The Bertz CT molecular complexity index is 694. The Labute approximate surface area is 105 Å². The molecule has 3 N–H and O–H groups in total. The average molecular weight is 291 g/mol. The first-order valence-electron chi connectivity index (χ1n) is 4.96. The van der Waals surface area contributed by atoms with E-state index in [1.165, 1.54) is 0 Å². The van der Waals surface area contributed by atoms with Crippen molar-refractivity contribution in [2.45, 2.75) is 0 Å². The number of carbonyl (C=O) groups is 2. The fourth-order valence-electron chi connectivity index (χ4n) is 2.08. The number of rotatable bonds is 0. The van der Waals surface area contributed by atoms with Gasteiger partial charge in [0.2, 0.25) is 0 Å². The third kappa shape index (κ3) is 1.29. The highest BCUT2D eigenvalue weighted by Gasteiger charge is 2.26. The van der Waals surface area contributed by atoms with E-state index >= 15 is 0 Å². The molecule has 0 unspecified atom stereocenters. The monoisotopic (exact) mass is 290 g/mol. The normalized spacial score (nSPS) is 13.9.